The molecule has 0 fully saturated rings. The molecule has 0 atom stereocenters. The van der Waals surface area contributed by atoms with Gasteiger partial charge in [-0.25, -0.2) is 9.07 Å². The van der Waals surface area contributed by atoms with E-state index in [-0.39, 0.29) is 5.82 Å². The summed E-state index contributed by atoms with van der Waals surface area (Å²) < 4.78 is 15.1. The standard InChI is InChI=1S/C12H16FN5S/c1-3-4-14-8-9-5-10(13)7-11(6-9)19-12-15-16-17-18(12)2/h5-7,14H,3-4,8H2,1-2H3. The number of benzene rings is 1. The van der Waals surface area contributed by atoms with Crippen LogP contribution in [0.1, 0.15) is 18.9 Å². The largest absolute Gasteiger partial charge is 0.313 e. The van der Waals surface area contributed by atoms with Crippen LogP contribution in [0.4, 0.5) is 4.39 Å². The smallest absolute Gasteiger partial charge is 0.213 e. The third-order valence-corrected chi connectivity index (χ3v) is 3.48. The second-order valence-corrected chi connectivity index (χ2v) is 5.20. The third kappa shape index (κ3) is 4.00. The second kappa shape index (κ2) is 6.63. The molecule has 1 N–H and O–H groups in total. The molecule has 1 aromatic carbocycles. The molecule has 102 valence electrons. The van der Waals surface area contributed by atoms with Crippen molar-refractivity contribution in [3.05, 3.63) is 29.6 Å². The fourth-order valence-electron chi connectivity index (χ4n) is 1.60. The molecule has 7 heteroatoms. The van der Waals surface area contributed by atoms with E-state index < -0.39 is 0 Å². The van der Waals surface area contributed by atoms with Crippen molar-refractivity contribution in [2.24, 2.45) is 7.05 Å². The Hall–Kier alpha value is -1.47. The fourth-order valence-corrected chi connectivity index (χ4v) is 2.44. The predicted octanol–water partition coefficient (Wildman–Crippen LogP) is 2.00. The highest BCUT2D eigenvalue weighted by molar-refractivity contribution is 7.99. The zero-order chi connectivity index (χ0) is 13.7. The minimum absolute atomic E-state index is 0.242. The summed E-state index contributed by atoms with van der Waals surface area (Å²) in [6.45, 7) is 3.68. The minimum Gasteiger partial charge on any atom is -0.313 e. The molecule has 2 aromatic rings. The number of hydrogen-bond acceptors (Lipinski definition) is 5. The maximum Gasteiger partial charge on any atom is 0.213 e. The van der Waals surface area contributed by atoms with E-state index in [9.17, 15) is 4.39 Å². The van der Waals surface area contributed by atoms with Crippen LogP contribution in [0.3, 0.4) is 0 Å². The van der Waals surface area contributed by atoms with Crippen LogP contribution in [0, 0.1) is 5.82 Å². The Morgan fingerprint density at radius 3 is 2.89 bits per heavy atom. The maximum absolute atomic E-state index is 13.6. The lowest BCUT2D eigenvalue weighted by atomic mass is 10.2. The lowest BCUT2D eigenvalue weighted by Gasteiger charge is -2.06. The van der Waals surface area contributed by atoms with Crippen molar-refractivity contribution in [3.8, 4) is 0 Å². The molecule has 1 heterocycles. The van der Waals surface area contributed by atoms with Gasteiger partial charge in [-0.3, -0.25) is 0 Å². The Kier molecular flexibility index (Phi) is 4.86. The van der Waals surface area contributed by atoms with Crippen LogP contribution >= 0.6 is 11.8 Å². The average molecular weight is 281 g/mol. The van der Waals surface area contributed by atoms with E-state index in [1.807, 2.05) is 6.07 Å². The number of tetrazole rings is 1. The summed E-state index contributed by atoms with van der Waals surface area (Å²) in [4.78, 5) is 0.797. The molecule has 0 saturated heterocycles. The Labute approximate surface area is 115 Å². The summed E-state index contributed by atoms with van der Waals surface area (Å²) in [6.07, 6.45) is 1.06. The van der Waals surface area contributed by atoms with E-state index in [0.29, 0.717) is 11.7 Å². The number of hydrogen-bond donors (Lipinski definition) is 1. The number of aromatic nitrogens is 4. The predicted molar refractivity (Wildman–Crippen MR) is 71.3 cm³/mol. The van der Waals surface area contributed by atoms with Crippen molar-refractivity contribution in [1.82, 2.24) is 25.5 Å². The molecule has 0 spiro atoms. The van der Waals surface area contributed by atoms with Crippen LogP contribution < -0.4 is 5.32 Å². The lowest BCUT2D eigenvalue weighted by molar-refractivity contribution is 0.614. The summed E-state index contributed by atoms with van der Waals surface area (Å²) in [6, 6.07) is 4.98. The molecule has 1 aromatic heterocycles. The van der Waals surface area contributed by atoms with Crippen LogP contribution in [0.25, 0.3) is 0 Å². The Morgan fingerprint density at radius 2 is 2.21 bits per heavy atom. The number of halogens is 1. The van der Waals surface area contributed by atoms with Crippen molar-refractivity contribution >= 4 is 11.8 Å². The molecule has 0 amide bonds. The van der Waals surface area contributed by atoms with Gasteiger partial charge in [0.15, 0.2) is 0 Å². The highest BCUT2D eigenvalue weighted by Crippen LogP contribution is 2.26. The first-order valence-corrected chi connectivity index (χ1v) is 6.91. The first kappa shape index (κ1) is 14.0. The van der Waals surface area contributed by atoms with Crippen LogP contribution in [0.15, 0.2) is 28.3 Å². The van der Waals surface area contributed by atoms with Gasteiger partial charge in [-0.05, 0) is 58.9 Å². The quantitative estimate of drug-likeness (QED) is 0.821. The van der Waals surface area contributed by atoms with Crippen LogP contribution in [-0.2, 0) is 13.6 Å². The number of nitrogens with zero attached hydrogens (tertiary/aromatic N) is 4. The molecule has 0 bridgehead atoms. The van der Waals surface area contributed by atoms with Crippen LogP contribution in [-0.4, -0.2) is 26.8 Å². The number of nitrogens with one attached hydrogen (secondary N) is 1. The van der Waals surface area contributed by atoms with Gasteiger partial charge in [0.05, 0.1) is 0 Å². The highest BCUT2D eigenvalue weighted by atomic mass is 32.2. The molecular formula is C12H16FN5S. The van der Waals surface area contributed by atoms with Gasteiger partial charge in [0, 0.05) is 18.5 Å². The molecule has 5 nitrogen and oxygen atoms in total. The molecule has 0 aliphatic heterocycles. The minimum atomic E-state index is -0.242. The van der Waals surface area contributed by atoms with E-state index in [2.05, 4.69) is 27.8 Å². The summed E-state index contributed by atoms with van der Waals surface area (Å²) in [5.74, 6) is -0.242. The number of rotatable bonds is 6. The van der Waals surface area contributed by atoms with Gasteiger partial charge in [-0.15, -0.1) is 5.10 Å². The molecule has 0 unspecified atom stereocenters. The lowest BCUT2D eigenvalue weighted by Crippen LogP contribution is -2.13. The monoisotopic (exact) mass is 281 g/mol. The molecule has 0 radical (unpaired) electrons. The molecule has 0 aliphatic rings. The molecule has 0 aliphatic carbocycles. The van der Waals surface area contributed by atoms with Crippen molar-refractivity contribution < 1.29 is 4.39 Å². The van der Waals surface area contributed by atoms with Crippen molar-refractivity contribution in [2.45, 2.75) is 29.9 Å². The van der Waals surface area contributed by atoms with E-state index in [0.717, 1.165) is 23.4 Å². The fraction of sp³-hybridized carbons (Fsp3) is 0.417. The Balaban J connectivity index is 2.10. The van der Waals surface area contributed by atoms with Gasteiger partial charge in [0.25, 0.3) is 0 Å². The zero-order valence-electron chi connectivity index (χ0n) is 10.9. The second-order valence-electron chi connectivity index (χ2n) is 4.16. The number of aryl methyl sites for hydroxylation is 1. The van der Waals surface area contributed by atoms with Crippen LogP contribution in [0.5, 0.6) is 0 Å². The first-order valence-electron chi connectivity index (χ1n) is 6.09. The molecule has 0 saturated carbocycles. The Morgan fingerprint density at radius 1 is 1.37 bits per heavy atom. The SMILES string of the molecule is CCCNCc1cc(F)cc(Sc2nnnn2C)c1. The maximum atomic E-state index is 13.6. The van der Waals surface area contributed by atoms with Crippen molar-refractivity contribution in [2.75, 3.05) is 6.54 Å². The van der Waals surface area contributed by atoms with E-state index in [4.69, 9.17) is 0 Å². The van der Waals surface area contributed by atoms with Gasteiger partial charge in [0.1, 0.15) is 5.82 Å². The van der Waals surface area contributed by atoms with Gasteiger partial charge in [-0.2, -0.15) is 0 Å². The van der Waals surface area contributed by atoms with Crippen molar-refractivity contribution in [1.29, 1.82) is 0 Å². The van der Waals surface area contributed by atoms with Gasteiger partial charge in [-0.1, -0.05) is 6.92 Å². The Bertz CT molecular complexity index is 543. The summed E-state index contributed by atoms with van der Waals surface area (Å²) in [7, 11) is 1.76. The summed E-state index contributed by atoms with van der Waals surface area (Å²) >= 11 is 1.35. The van der Waals surface area contributed by atoms with Crippen LogP contribution in [0.2, 0.25) is 0 Å². The van der Waals surface area contributed by atoms with Gasteiger partial charge >= 0.3 is 0 Å². The summed E-state index contributed by atoms with van der Waals surface area (Å²) in [5, 5.41) is 15.1. The molecular weight excluding hydrogens is 265 g/mol. The summed E-state index contributed by atoms with van der Waals surface area (Å²) in [5.41, 5.74) is 0.922. The van der Waals surface area contributed by atoms with E-state index in [1.54, 1.807) is 17.8 Å². The van der Waals surface area contributed by atoms with Gasteiger partial charge < -0.3 is 5.32 Å². The highest BCUT2D eigenvalue weighted by Gasteiger charge is 2.07. The van der Waals surface area contributed by atoms with Gasteiger partial charge in [0.2, 0.25) is 5.16 Å². The molecule has 19 heavy (non-hydrogen) atoms. The average Bonchev–Trinajstić information content (AvgIpc) is 2.75. The first-order chi connectivity index (χ1) is 9.19. The van der Waals surface area contributed by atoms with E-state index >= 15 is 0 Å². The van der Waals surface area contributed by atoms with E-state index in [1.165, 1.54) is 17.8 Å². The zero-order valence-corrected chi connectivity index (χ0v) is 11.7. The van der Waals surface area contributed by atoms with Crippen molar-refractivity contribution in [3.63, 3.8) is 0 Å². The normalized spacial score (nSPS) is 10.9. The molecule has 2 rings (SSSR count). The topological polar surface area (TPSA) is 55.6 Å². The third-order valence-electron chi connectivity index (χ3n) is 2.48.